The molecule has 1 N–H and O–H groups in total. The van der Waals surface area contributed by atoms with Crippen molar-refractivity contribution >= 4 is 5.91 Å². The van der Waals surface area contributed by atoms with Crippen LogP contribution in [0.3, 0.4) is 0 Å². The van der Waals surface area contributed by atoms with Gasteiger partial charge in [-0.15, -0.1) is 0 Å². The van der Waals surface area contributed by atoms with Gasteiger partial charge in [0.05, 0.1) is 20.3 Å². The SMILES string of the molecule is CCON(Cc1cccc(OC)c1)C1CCNC1=O. The van der Waals surface area contributed by atoms with Gasteiger partial charge in [0.15, 0.2) is 0 Å². The van der Waals surface area contributed by atoms with Gasteiger partial charge in [-0.3, -0.25) is 9.63 Å². The molecule has 2 rings (SSSR count). The second-order valence-corrected chi connectivity index (χ2v) is 4.44. The van der Waals surface area contributed by atoms with Crippen LogP contribution in [0.1, 0.15) is 18.9 Å². The molecular formula is C14H20N2O3. The van der Waals surface area contributed by atoms with Crippen molar-refractivity contribution in [2.75, 3.05) is 20.3 Å². The molecule has 1 atom stereocenters. The number of nitrogens with one attached hydrogen (secondary N) is 1. The van der Waals surface area contributed by atoms with Crippen molar-refractivity contribution < 1.29 is 14.4 Å². The predicted octanol–water partition coefficient (Wildman–Crippen LogP) is 1.34. The minimum atomic E-state index is -0.203. The lowest BCUT2D eigenvalue weighted by molar-refractivity contribution is -0.190. The first kappa shape index (κ1) is 13.8. The highest BCUT2D eigenvalue weighted by Gasteiger charge is 2.31. The number of methoxy groups -OCH3 is 1. The number of amides is 1. The van der Waals surface area contributed by atoms with E-state index < -0.39 is 0 Å². The molecular weight excluding hydrogens is 244 g/mol. The van der Waals surface area contributed by atoms with Crippen molar-refractivity contribution in [3.63, 3.8) is 0 Å². The summed E-state index contributed by atoms with van der Waals surface area (Å²) in [5.41, 5.74) is 1.06. The van der Waals surface area contributed by atoms with Gasteiger partial charge in [0.2, 0.25) is 5.91 Å². The summed E-state index contributed by atoms with van der Waals surface area (Å²) in [6.45, 7) is 3.76. The van der Waals surface area contributed by atoms with Crippen LogP contribution in [0, 0.1) is 0 Å². The van der Waals surface area contributed by atoms with Crippen LogP contribution in [-0.4, -0.2) is 37.3 Å². The minimum Gasteiger partial charge on any atom is -0.497 e. The number of rotatable bonds is 6. The lowest BCUT2D eigenvalue weighted by Crippen LogP contribution is -2.40. The molecule has 0 saturated carbocycles. The molecule has 19 heavy (non-hydrogen) atoms. The van der Waals surface area contributed by atoms with Crippen molar-refractivity contribution in [3.05, 3.63) is 29.8 Å². The lowest BCUT2D eigenvalue weighted by atomic mass is 10.2. The van der Waals surface area contributed by atoms with E-state index in [1.165, 1.54) is 0 Å². The summed E-state index contributed by atoms with van der Waals surface area (Å²) in [5, 5.41) is 4.59. The summed E-state index contributed by atoms with van der Waals surface area (Å²) >= 11 is 0. The summed E-state index contributed by atoms with van der Waals surface area (Å²) in [4.78, 5) is 17.4. The van der Waals surface area contributed by atoms with E-state index in [-0.39, 0.29) is 11.9 Å². The van der Waals surface area contributed by atoms with E-state index >= 15 is 0 Å². The third-order valence-corrected chi connectivity index (χ3v) is 3.13. The molecule has 0 bridgehead atoms. The van der Waals surface area contributed by atoms with Gasteiger partial charge in [-0.25, -0.2) is 0 Å². The van der Waals surface area contributed by atoms with Crippen LogP contribution in [0.4, 0.5) is 0 Å². The fourth-order valence-corrected chi connectivity index (χ4v) is 2.22. The monoisotopic (exact) mass is 264 g/mol. The summed E-state index contributed by atoms with van der Waals surface area (Å²) in [6, 6.07) is 7.59. The maximum absolute atomic E-state index is 11.7. The molecule has 1 unspecified atom stereocenters. The van der Waals surface area contributed by atoms with Gasteiger partial charge in [0, 0.05) is 6.54 Å². The molecule has 104 valence electrons. The Kier molecular flexibility index (Phi) is 4.76. The molecule has 0 aromatic heterocycles. The van der Waals surface area contributed by atoms with Gasteiger partial charge in [0.1, 0.15) is 11.8 Å². The second-order valence-electron chi connectivity index (χ2n) is 4.44. The number of nitrogens with zero attached hydrogens (tertiary/aromatic N) is 1. The molecule has 0 aliphatic carbocycles. The minimum absolute atomic E-state index is 0.0383. The number of hydrogen-bond donors (Lipinski definition) is 1. The summed E-state index contributed by atoms with van der Waals surface area (Å²) in [6.07, 6.45) is 0.781. The van der Waals surface area contributed by atoms with Crippen LogP contribution in [0.25, 0.3) is 0 Å². The average Bonchev–Trinajstić information content (AvgIpc) is 2.85. The Morgan fingerprint density at radius 3 is 2.95 bits per heavy atom. The fraction of sp³-hybridized carbons (Fsp3) is 0.500. The van der Waals surface area contributed by atoms with E-state index in [0.717, 1.165) is 17.7 Å². The lowest BCUT2D eigenvalue weighted by Gasteiger charge is -2.25. The Morgan fingerprint density at radius 2 is 2.32 bits per heavy atom. The van der Waals surface area contributed by atoms with E-state index in [9.17, 15) is 4.79 Å². The van der Waals surface area contributed by atoms with E-state index in [2.05, 4.69) is 5.32 Å². The van der Waals surface area contributed by atoms with Crippen LogP contribution < -0.4 is 10.1 Å². The van der Waals surface area contributed by atoms with Gasteiger partial charge >= 0.3 is 0 Å². The third kappa shape index (κ3) is 3.45. The molecule has 1 aromatic carbocycles. The Balaban J connectivity index is 2.08. The zero-order valence-corrected chi connectivity index (χ0v) is 11.4. The standard InChI is InChI=1S/C14H20N2O3/c1-3-19-16(13-7-8-15-14(13)17)10-11-5-4-6-12(9-11)18-2/h4-6,9,13H,3,7-8,10H2,1-2H3,(H,15,17). The first-order valence-electron chi connectivity index (χ1n) is 6.54. The molecule has 1 aliphatic heterocycles. The molecule has 1 aliphatic rings. The molecule has 0 radical (unpaired) electrons. The van der Waals surface area contributed by atoms with Gasteiger partial charge in [0.25, 0.3) is 0 Å². The van der Waals surface area contributed by atoms with Crippen LogP contribution >= 0.6 is 0 Å². The average molecular weight is 264 g/mol. The normalized spacial score (nSPS) is 18.7. The molecule has 1 aromatic rings. The molecule has 1 amide bonds. The maximum Gasteiger partial charge on any atom is 0.239 e. The van der Waals surface area contributed by atoms with Crippen molar-refractivity contribution in [1.82, 2.24) is 10.4 Å². The number of ether oxygens (including phenoxy) is 1. The Morgan fingerprint density at radius 1 is 1.47 bits per heavy atom. The van der Waals surface area contributed by atoms with E-state index in [1.54, 1.807) is 12.2 Å². The maximum atomic E-state index is 11.7. The number of hydrogen-bond acceptors (Lipinski definition) is 4. The summed E-state index contributed by atoms with van der Waals surface area (Å²) in [5.74, 6) is 0.848. The quantitative estimate of drug-likeness (QED) is 0.788. The van der Waals surface area contributed by atoms with Crippen LogP contribution in [0.5, 0.6) is 5.75 Å². The smallest absolute Gasteiger partial charge is 0.239 e. The molecule has 5 nitrogen and oxygen atoms in total. The number of hydroxylamine groups is 2. The summed E-state index contributed by atoms with van der Waals surface area (Å²) in [7, 11) is 1.64. The van der Waals surface area contributed by atoms with Gasteiger partial charge in [-0.2, -0.15) is 5.06 Å². The zero-order chi connectivity index (χ0) is 13.7. The van der Waals surface area contributed by atoms with Crippen molar-refractivity contribution in [2.45, 2.75) is 25.9 Å². The number of carbonyl (C=O) groups is 1. The molecule has 0 spiro atoms. The first-order chi connectivity index (χ1) is 9.24. The van der Waals surface area contributed by atoms with Crippen LogP contribution in [-0.2, 0) is 16.2 Å². The molecule has 1 fully saturated rings. The van der Waals surface area contributed by atoms with Gasteiger partial charge in [-0.05, 0) is 31.0 Å². The Hall–Kier alpha value is -1.59. The third-order valence-electron chi connectivity index (χ3n) is 3.13. The highest BCUT2D eigenvalue weighted by atomic mass is 16.7. The van der Waals surface area contributed by atoms with Gasteiger partial charge < -0.3 is 10.1 Å². The Bertz CT molecular complexity index is 436. The van der Waals surface area contributed by atoms with E-state index in [0.29, 0.717) is 19.7 Å². The predicted molar refractivity (Wildman–Crippen MR) is 71.6 cm³/mol. The summed E-state index contributed by atoms with van der Waals surface area (Å²) < 4.78 is 5.20. The van der Waals surface area contributed by atoms with E-state index in [1.807, 2.05) is 31.2 Å². The van der Waals surface area contributed by atoms with Gasteiger partial charge in [-0.1, -0.05) is 12.1 Å². The number of benzene rings is 1. The fourth-order valence-electron chi connectivity index (χ4n) is 2.22. The highest BCUT2D eigenvalue weighted by molar-refractivity contribution is 5.83. The number of carbonyl (C=O) groups excluding carboxylic acids is 1. The second kappa shape index (κ2) is 6.54. The van der Waals surface area contributed by atoms with Crippen molar-refractivity contribution in [3.8, 4) is 5.75 Å². The van der Waals surface area contributed by atoms with Crippen molar-refractivity contribution in [2.24, 2.45) is 0 Å². The van der Waals surface area contributed by atoms with Crippen molar-refractivity contribution in [1.29, 1.82) is 0 Å². The molecule has 1 saturated heterocycles. The topological polar surface area (TPSA) is 50.8 Å². The van der Waals surface area contributed by atoms with Crippen LogP contribution in [0.2, 0.25) is 0 Å². The van der Waals surface area contributed by atoms with E-state index in [4.69, 9.17) is 9.57 Å². The first-order valence-corrected chi connectivity index (χ1v) is 6.54. The Labute approximate surface area is 113 Å². The van der Waals surface area contributed by atoms with Crippen LogP contribution in [0.15, 0.2) is 24.3 Å². The molecule has 5 heteroatoms. The molecule has 1 heterocycles. The largest absolute Gasteiger partial charge is 0.497 e. The highest BCUT2D eigenvalue weighted by Crippen LogP contribution is 2.18. The zero-order valence-electron chi connectivity index (χ0n) is 11.4.